The van der Waals surface area contributed by atoms with Gasteiger partial charge in [0.15, 0.2) is 12.3 Å². The highest BCUT2D eigenvalue weighted by Crippen LogP contribution is 2.37. The van der Waals surface area contributed by atoms with Crippen LogP contribution in [-0.2, 0) is 4.79 Å². The molecule has 0 unspecified atom stereocenters. The van der Waals surface area contributed by atoms with Crippen LogP contribution in [0.2, 0.25) is 10.0 Å². The van der Waals surface area contributed by atoms with Gasteiger partial charge in [0.2, 0.25) is 0 Å². The van der Waals surface area contributed by atoms with Crippen molar-refractivity contribution in [3.05, 3.63) is 101 Å². The van der Waals surface area contributed by atoms with Gasteiger partial charge in [0.25, 0.3) is 5.91 Å². The second kappa shape index (κ2) is 11.0. The quantitative estimate of drug-likeness (QED) is 0.251. The number of amides is 1. The van der Waals surface area contributed by atoms with Crippen LogP contribution in [0.3, 0.4) is 0 Å². The third-order valence-electron chi connectivity index (χ3n) is 6.84. The Morgan fingerprint density at radius 1 is 0.846 bits per heavy atom. The van der Waals surface area contributed by atoms with Crippen LogP contribution in [0.1, 0.15) is 0 Å². The lowest BCUT2D eigenvalue weighted by molar-refractivity contribution is -0.133. The number of carbonyl (C=O) groups excluding carboxylic acids is 1. The molecule has 0 radical (unpaired) electrons. The first-order valence-electron chi connectivity index (χ1n) is 12.7. The molecular formula is C30H25Cl2N5O2. The number of hydrogen-bond acceptors (Lipinski definition) is 5. The van der Waals surface area contributed by atoms with Crippen LogP contribution < -0.4 is 9.64 Å². The van der Waals surface area contributed by atoms with Gasteiger partial charge in [-0.1, -0.05) is 59.6 Å². The first-order valence-corrected chi connectivity index (χ1v) is 13.4. The van der Waals surface area contributed by atoms with Crippen molar-refractivity contribution in [1.29, 1.82) is 0 Å². The van der Waals surface area contributed by atoms with Crippen molar-refractivity contribution in [3.63, 3.8) is 0 Å². The summed E-state index contributed by atoms with van der Waals surface area (Å²) in [5.74, 6) is 1.42. The number of anilines is 1. The van der Waals surface area contributed by atoms with Crippen molar-refractivity contribution in [2.75, 3.05) is 37.7 Å². The van der Waals surface area contributed by atoms with Crippen molar-refractivity contribution in [2.24, 2.45) is 0 Å². The van der Waals surface area contributed by atoms with Crippen molar-refractivity contribution < 1.29 is 9.53 Å². The molecule has 1 fully saturated rings. The standard InChI is InChI=1S/C30H25Cl2N5O2/c31-22-9-11-25(12-10-22)39-19-27(38)35-13-15-36(16-14-35)29-28-26(21-5-2-1-3-6-21)18-37(30(28)34-20-33-29)24-8-4-7-23(32)17-24/h1-12,17-18,20H,13-16,19H2. The third-order valence-corrected chi connectivity index (χ3v) is 7.33. The third kappa shape index (κ3) is 5.28. The lowest BCUT2D eigenvalue weighted by Crippen LogP contribution is -2.50. The number of halogens is 2. The number of rotatable bonds is 6. The average molecular weight is 558 g/mol. The molecule has 0 bridgehead atoms. The van der Waals surface area contributed by atoms with Gasteiger partial charge < -0.3 is 19.1 Å². The fourth-order valence-electron chi connectivity index (χ4n) is 4.88. The Bertz CT molecular complexity index is 1610. The smallest absolute Gasteiger partial charge is 0.260 e. The van der Waals surface area contributed by atoms with E-state index in [9.17, 15) is 4.79 Å². The number of benzene rings is 3. The normalized spacial score (nSPS) is 13.6. The fourth-order valence-corrected chi connectivity index (χ4v) is 5.19. The maximum atomic E-state index is 12.8. The van der Waals surface area contributed by atoms with Gasteiger partial charge in [-0.15, -0.1) is 0 Å². The molecule has 196 valence electrons. The molecule has 0 atom stereocenters. The summed E-state index contributed by atoms with van der Waals surface area (Å²) in [6.07, 6.45) is 3.70. The minimum Gasteiger partial charge on any atom is -0.484 e. The predicted octanol–water partition coefficient (Wildman–Crippen LogP) is 6.12. The molecule has 0 saturated carbocycles. The van der Waals surface area contributed by atoms with Gasteiger partial charge in [-0.25, -0.2) is 9.97 Å². The molecule has 9 heteroatoms. The first kappa shape index (κ1) is 25.2. The molecule has 6 rings (SSSR count). The van der Waals surface area contributed by atoms with E-state index in [0.717, 1.165) is 33.7 Å². The summed E-state index contributed by atoms with van der Waals surface area (Å²) in [5.41, 5.74) is 3.84. The summed E-state index contributed by atoms with van der Waals surface area (Å²) >= 11 is 12.3. The Kier molecular flexibility index (Phi) is 7.09. The molecule has 0 spiro atoms. The van der Waals surface area contributed by atoms with Crippen LogP contribution in [0, 0.1) is 0 Å². The highest BCUT2D eigenvalue weighted by molar-refractivity contribution is 6.31. The van der Waals surface area contributed by atoms with E-state index in [4.69, 9.17) is 32.9 Å². The van der Waals surface area contributed by atoms with Gasteiger partial charge in [0.05, 0.1) is 5.39 Å². The van der Waals surface area contributed by atoms with Gasteiger partial charge >= 0.3 is 0 Å². The highest BCUT2D eigenvalue weighted by atomic mass is 35.5. The molecule has 0 N–H and O–H groups in total. The van der Waals surface area contributed by atoms with Crippen LogP contribution >= 0.6 is 23.2 Å². The van der Waals surface area contributed by atoms with Gasteiger partial charge in [0, 0.05) is 53.7 Å². The van der Waals surface area contributed by atoms with Gasteiger partial charge in [-0.2, -0.15) is 0 Å². The number of carbonyl (C=O) groups is 1. The van der Waals surface area contributed by atoms with E-state index < -0.39 is 0 Å². The summed E-state index contributed by atoms with van der Waals surface area (Å²) in [7, 11) is 0. The van der Waals surface area contributed by atoms with E-state index in [1.807, 2.05) is 47.4 Å². The number of hydrogen-bond donors (Lipinski definition) is 0. The van der Waals surface area contributed by atoms with E-state index in [2.05, 4.69) is 32.8 Å². The molecule has 3 aromatic carbocycles. The highest BCUT2D eigenvalue weighted by Gasteiger charge is 2.26. The average Bonchev–Trinajstić information content (AvgIpc) is 3.37. The number of piperazine rings is 1. The molecule has 1 saturated heterocycles. The zero-order chi connectivity index (χ0) is 26.8. The van der Waals surface area contributed by atoms with E-state index in [-0.39, 0.29) is 12.5 Å². The minimum atomic E-state index is -0.0467. The van der Waals surface area contributed by atoms with Crippen molar-refractivity contribution in [3.8, 4) is 22.6 Å². The fraction of sp³-hybridized carbons (Fsp3) is 0.167. The van der Waals surface area contributed by atoms with Crippen molar-refractivity contribution >= 4 is 46.0 Å². The largest absolute Gasteiger partial charge is 0.484 e. The van der Waals surface area contributed by atoms with E-state index in [0.29, 0.717) is 42.0 Å². The molecule has 39 heavy (non-hydrogen) atoms. The Balaban J connectivity index is 1.27. The summed E-state index contributed by atoms with van der Waals surface area (Å²) < 4.78 is 7.72. The van der Waals surface area contributed by atoms with Crippen LogP contribution in [0.15, 0.2) is 91.4 Å². The SMILES string of the molecule is O=C(COc1ccc(Cl)cc1)N1CCN(c2ncnc3c2c(-c2ccccc2)cn3-c2cccc(Cl)c2)CC1. The van der Waals surface area contributed by atoms with E-state index >= 15 is 0 Å². The molecular weight excluding hydrogens is 533 g/mol. The predicted molar refractivity (Wildman–Crippen MR) is 155 cm³/mol. The Morgan fingerprint density at radius 3 is 2.36 bits per heavy atom. The van der Waals surface area contributed by atoms with Crippen molar-refractivity contribution in [1.82, 2.24) is 19.4 Å². The summed E-state index contributed by atoms with van der Waals surface area (Å²) in [5, 5.41) is 2.25. The van der Waals surface area contributed by atoms with Crippen LogP contribution in [-0.4, -0.2) is 58.1 Å². The lowest BCUT2D eigenvalue weighted by Gasteiger charge is -2.35. The molecule has 1 amide bonds. The minimum absolute atomic E-state index is 0.0139. The summed E-state index contributed by atoms with van der Waals surface area (Å²) in [6.45, 7) is 2.43. The maximum absolute atomic E-state index is 12.8. The van der Waals surface area contributed by atoms with E-state index in [1.54, 1.807) is 30.6 Å². The zero-order valence-corrected chi connectivity index (χ0v) is 22.5. The van der Waals surface area contributed by atoms with Crippen LogP contribution in [0.4, 0.5) is 5.82 Å². The van der Waals surface area contributed by atoms with Gasteiger partial charge in [-0.3, -0.25) is 4.79 Å². The zero-order valence-electron chi connectivity index (χ0n) is 21.0. The maximum Gasteiger partial charge on any atom is 0.260 e. The lowest BCUT2D eigenvalue weighted by atomic mass is 10.1. The Hall–Kier alpha value is -4.07. The molecule has 1 aliphatic heterocycles. The summed E-state index contributed by atoms with van der Waals surface area (Å²) in [4.78, 5) is 26.3. The van der Waals surface area contributed by atoms with E-state index in [1.165, 1.54) is 0 Å². The molecule has 1 aliphatic rings. The number of fused-ring (bicyclic) bond motifs is 1. The monoisotopic (exact) mass is 557 g/mol. The van der Waals surface area contributed by atoms with Crippen LogP contribution in [0.25, 0.3) is 27.8 Å². The molecule has 7 nitrogen and oxygen atoms in total. The van der Waals surface area contributed by atoms with Gasteiger partial charge in [-0.05, 0) is 48.0 Å². The Labute approximate surface area is 236 Å². The topological polar surface area (TPSA) is 63.5 Å². The number of ether oxygens (including phenoxy) is 1. The molecule has 5 aromatic rings. The van der Waals surface area contributed by atoms with Crippen molar-refractivity contribution in [2.45, 2.75) is 0 Å². The van der Waals surface area contributed by atoms with Crippen LogP contribution in [0.5, 0.6) is 5.75 Å². The molecule has 0 aliphatic carbocycles. The first-order chi connectivity index (χ1) is 19.1. The summed E-state index contributed by atoms with van der Waals surface area (Å²) in [6, 6.07) is 25.0. The van der Waals surface area contributed by atoms with Gasteiger partial charge in [0.1, 0.15) is 17.9 Å². The number of aromatic nitrogens is 3. The second-order valence-electron chi connectivity index (χ2n) is 9.26. The Morgan fingerprint density at radius 2 is 1.62 bits per heavy atom. The number of nitrogens with zero attached hydrogens (tertiary/aromatic N) is 5. The molecule has 2 aromatic heterocycles. The second-order valence-corrected chi connectivity index (χ2v) is 10.1. The molecule has 3 heterocycles.